The van der Waals surface area contributed by atoms with Crippen LogP contribution >= 0.6 is 0 Å². The van der Waals surface area contributed by atoms with Crippen molar-refractivity contribution in [3.8, 4) is 11.6 Å². The van der Waals surface area contributed by atoms with Gasteiger partial charge >= 0.3 is 0 Å². The van der Waals surface area contributed by atoms with Gasteiger partial charge in [-0.05, 0) is 42.5 Å². The van der Waals surface area contributed by atoms with Crippen molar-refractivity contribution in [3.63, 3.8) is 0 Å². The van der Waals surface area contributed by atoms with Gasteiger partial charge in [-0.25, -0.2) is 4.57 Å². The molecule has 0 saturated carbocycles. The number of ether oxygens (including phenoxy) is 1. The Morgan fingerprint density at radius 2 is 1.67 bits per heavy atom. The van der Waals surface area contributed by atoms with Crippen molar-refractivity contribution in [1.29, 1.82) is 0 Å². The van der Waals surface area contributed by atoms with Crippen LogP contribution < -0.4 is 4.74 Å². The van der Waals surface area contributed by atoms with Gasteiger partial charge in [-0.2, -0.15) is 0 Å². The van der Waals surface area contributed by atoms with E-state index >= 15 is 0 Å². The lowest BCUT2D eigenvalue weighted by Gasteiger charge is -2.06. The van der Waals surface area contributed by atoms with Crippen molar-refractivity contribution >= 4 is 28.4 Å². The molecular weight excluding hydrogens is 384 g/mol. The number of carbonyl (C=O) groups is 2. The van der Waals surface area contributed by atoms with Gasteiger partial charge in [-0.3, -0.25) is 14.6 Å². The monoisotopic (exact) mass is 400 g/mol. The van der Waals surface area contributed by atoms with E-state index in [0.29, 0.717) is 27.8 Å². The first kappa shape index (κ1) is 19.0. The van der Waals surface area contributed by atoms with E-state index in [1.54, 1.807) is 48.5 Å². The molecule has 0 saturated heterocycles. The van der Waals surface area contributed by atoms with Crippen molar-refractivity contribution < 1.29 is 19.4 Å². The van der Waals surface area contributed by atoms with E-state index in [2.05, 4.69) is 15.2 Å². The topological polar surface area (TPSA) is 106 Å². The highest BCUT2D eigenvalue weighted by molar-refractivity contribution is 6.08. The predicted molar refractivity (Wildman–Crippen MR) is 109 cm³/mol. The Bertz CT molecular complexity index is 1260. The number of nitrogens with zero attached hydrogens (tertiary/aromatic N) is 4. The Labute approximate surface area is 171 Å². The summed E-state index contributed by atoms with van der Waals surface area (Å²) in [5.74, 6) is -0.830. The third kappa shape index (κ3) is 3.42. The summed E-state index contributed by atoms with van der Waals surface area (Å²) in [7, 11) is 1.53. The predicted octanol–water partition coefficient (Wildman–Crippen LogP) is 4.36. The third-order valence-corrected chi connectivity index (χ3v) is 4.53. The largest absolute Gasteiger partial charge is 0.497 e. The van der Waals surface area contributed by atoms with Crippen LogP contribution in [-0.4, -0.2) is 33.6 Å². The molecule has 1 amide bonds. The zero-order valence-corrected chi connectivity index (χ0v) is 15.9. The van der Waals surface area contributed by atoms with Crippen molar-refractivity contribution in [2.24, 2.45) is 10.2 Å². The molecule has 0 aliphatic rings. The highest BCUT2D eigenvalue weighted by atomic mass is 16.5. The van der Waals surface area contributed by atoms with Gasteiger partial charge in [0.05, 0.1) is 12.6 Å². The first-order chi connectivity index (χ1) is 14.6. The van der Waals surface area contributed by atoms with Crippen LogP contribution in [0.3, 0.4) is 0 Å². The van der Waals surface area contributed by atoms with Crippen LogP contribution in [0.1, 0.15) is 20.7 Å². The number of rotatable bonds is 4. The normalized spacial score (nSPS) is 11.1. The minimum absolute atomic E-state index is 0.0369. The molecule has 4 rings (SSSR count). The van der Waals surface area contributed by atoms with E-state index in [1.807, 2.05) is 0 Å². The molecule has 0 aliphatic carbocycles. The van der Waals surface area contributed by atoms with Gasteiger partial charge in [-0.15, -0.1) is 10.2 Å². The number of hydrogen-bond donors (Lipinski definition) is 1. The van der Waals surface area contributed by atoms with Crippen LogP contribution in [0.15, 0.2) is 83.3 Å². The molecule has 1 N–H and O–H groups in total. The van der Waals surface area contributed by atoms with Gasteiger partial charge in [0.25, 0.3) is 11.8 Å². The highest BCUT2D eigenvalue weighted by Gasteiger charge is 2.22. The standard InChI is InChI=1S/C22H16N4O4/c1-30-16-8-6-15(7-9-16)21(28)26-18-5-3-2-4-17(18)19(22(26)29)24-25-20(27)14-10-12-23-13-11-14/h2-13,29H,1H3. The number of hydrogen-bond acceptors (Lipinski definition) is 6. The van der Waals surface area contributed by atoms with Gasteiger partial charge in [-0.1, -0.05) is 18.2 Å². The summed E-state index contributed by atoms with van der Waals surface area (Å²) in [6.07, 6.45) is 2.94. The van der Waals surface area contributed by atoms with Gasteiger partial charge in [0.15, 0.2) is 5.69 Å². The minimum atomic E-state index is -0.588. The van der Waals surface area contributed by atoms with Crippen molar-refractivity contribution in [3.05, 3.63) is 84.2 Å². The Kier molecular flexibility index (Phi) is 5.04. The molecule has 2 aromatic heterocycles. The summed E-state index contributed by atoms with van der Waals surface area (Å²) in [4.78, 5) is 29.2. The minimum Gasteiger partial charge on any atom is -0.497 e. The number of pyridine rings is 1. The maximum Gasteiger partial charge on any atom is 0.295 e. The fraction of sp³-hybridized carbons (Fsp3) is 0.0455. The van der Waals surface area contributed by atoms with Crippen LogP contribution in [-0.2, 0) is 0 Å². The molecule has 0 bridgehead atoms. The van der Waals surface area contributed by atoms with Crippen LogP contribution in [0.4, 0.5) is 5.69 Å². The number of fused-ring (bicyclic) bond motifs is 1. The van der Waals surface area contributed by atoms with E-state index in [-0.39, 0.29) is 5.69 Å². The molecule has 2 heterocycles. The molecule has 2 aromatic carbocycles. The maximum atomic E-state index is 13.1. The second kappa shape index (κ2) is 7.96. The van der Waals surface area contributed by atoms with E-state index in [9.17, 15) is 14.7 Å². The van der Waals surface area contributed by atoms with Gasteiger partial charge in [0, 0.05) is 28.9 Å². The molecule has 8 heteroatoms. The maximum absolute atomic E-state index is 13.1. The highest BCUT2D eigenvalue weighted by Crippen LogP contribution is 2.39. The molecule has 0 aliphatic heterocycles. The summed E-state index contributed by atoms with van der Waals surface area (Å²) < 4.78 is 6.25. The summed E-state index contributed by atoms with van der Waals surface area (Å²) in [5.41, 5.74) is 1.14. The average molecular weight is 400 g/mol. The molecule has 8 nitrogen and oxygen atoms in total. The van der Waals surface area contributed by atoms with Crippen LogP contribution in [0.2, 0.25) is 0 Å². The number of para-hydroxylation sites is 1. The number of azo groups is 1. The van der Waals surface area contributed by atoms with E-state index < -0.39 is 17.7 Å². The zero-order chi connectivity index (χ0) is 21.1. The summed E-state index contributed by atoms with van der Waals surface area (Å²) >= 11 is 0. The van der Waals surface area contributed by atoms with E-state index in [1.165, 1.54) is 31.6 Å². The number of benzene rings is 2. The lowest BCUT2D eigenvalue weighted by atomic mass is 10.2. The molecular formula is C22H16N4O4. The number of aromatic nitrogens is 2. The molecule has 0 fully saturated rings. The molecule has 0 radical (unpaired) electrons. The lowest BCUT2D eigenvalue weighted by Crippen LogP contribution is -2.11. The first-order valence-electron chi connectivity index (χ1n) is 8.97. The average Bonchev–Trinajstić information content (AvgIpc) is 3.08. The van der Waals surface area contributed by atoms with Crippen LogP contribution in [0, 0.1) is 0 Å². The van der Waals surface area contributed by atoms with Gasteiger partial charge in [0.1, 0.15) is 5.75 Å². The summed E-state index contributed by atoms with van der Waals surface area (Å²) in [6, 6.07) is 16.4. The first-order valence-corrected chi connectivity index (χ1v) is 8.97. The smallest absolute Gasteiger partial charge is 0.295 e. The SMILES string of the molecule is COc1ccc(C(=O)n2c(O)c(N=NC(=O)c3ccncc3)c3ccccc32)cc1. The lowest BCUT2D eigenvalue weighted by molar-refractivity contribution is 0.0955. The fourth-order valence-electron chi connectivity index (χ4n) is 3.02. The Balaban J connectivity index is 1.77. The number of methoxy groups -OCH3 is 1. The second-order valence-electron chi connectivity index (χ2n) is 6.30. The Morgan fingerprint density at radius 1 is 0.967 bits per heavy atom. The molecule has 148 valence electrons. The number of carbonyl (C=O) groups excluding carboxylic acids is 2. The van der Waals surface area contributed by atoms with Crippen LogP contribution in [0.25, 0.3) is 10.9 Å². The van der Waals surface area contributed by atoms with E-state index in [4.69, 9.17) is 4.74 Å². The van der Waals surface area contributed by atoms with Crippen molar-refractivity contribution in [2.75, 3.05) is 7.11 Å². The third-order valence-electron chi connectivity index (χ3n) is 4.53. The molecule has 30 heavy (non-hydrogen) atoms. The fourth-order valence-corrected chi connectivity index (χ4v) is 3.02. The van der Waals surface area contributed by atoms with Crippen molar-refractivity contribution in [1.82, 2.24) is 9.55 Å². The number of aromatic hydroxyl groups is 1. The molecule has 0 unspecified atom stereocenters. The van der Waals surface area contributed by atoms with Crippen molar-refractivity contribution in [2.45, 2.75) is 0 Å². The zero-order valence-electron chi connectivity index (χ0n) is 15.9. The summed E-state index contributed by atoms with van der Waals surface area (Å²) in [5, 5.41) is 18.9. The van der Waals surface area contributed by atoms with Crippen LogP contribution in [0.5, 0.6) is 11.6 Å². The quantitative estimate of drug-likeness (QED) is 0.512. The summed E-state index contributed by atoms with van der Waals surface area (Å²) in [6.45, 7) is 0. The molecule has 0 spiro atoms. The molecule has 4 aromatic rings. The molecule has 0 atom stereocenters. The number of amides is 1. The van der Waals surface area contributed by atoms with Gasteiger partial charge < -0.3 is 9.84 Å². The Hall–Kier alpha value is -4.33. The Morgan fingerprint density at radius 3 is 2.37 bits per heavy atom. The van der Waals surface area contributed by atoms with E-state index in [0.717, 1.165) is 4.57 Å². The van der Waals surface area contributed by atoms with Gasteiger partial charge in [0.2, 0.25) is 5.88 Å². The second-order valence-corrected chi connectivity index (χ2v) is 6.30.